The molecule has 1 aliphatic carbocycles. The van der Waals surface area contributed by atoms with Crippen LogP contribution in [0.1, 0.15) is 82.5 Å². The Morgan fingerprint density at radius 2 is 1.85 bits per heavy atom. The molecule has 1 aromatic carbocycles. The van der Waals surface area contributed by atoms with Crippen LogP contribution < -0.4 is 5.32 Å². The van der Waals surface area contributed by atoms with E-state index in [4.69, 9.17) is 4.98 Å². The van der Waals surface area contributed by atoms with E-state index in [2.05, 4.69) is 42.6 Å². The van der Waals surface area contributed by atoms with Crippen LogP contribution in [0.3, 0.4) is 0 Å². The first-order valence-electron chi connectivity index (χ1n) is 13.1. The second kappa shape index (κ2) is 11.2. The first kappa shape index (κ1) is 24.4. The molecule has 182 valence electrons. The van der Waals surface area contributed by atoms with Crippen molar-refractivity contribution in [1.29, 1.82) is 0 Å². The maximum absolute atomic E-state index is 14.0. The van der Waals surface area contributed by atoms with Gasteiger partial charge in [0.2, 0.25) is 11.8 Å². The topological polar surface area (TPSA) is 62.3 Å². The normalized spacial score (nSPS) is 20.7. The van der Waals surface area contributed by atoms with Gasteiger partial charge in [-0.25, -0.2) is 0 Å². The van der Waals surface area contributed by atoms with Crippen molar-refractivity contribution in [3.8, 4) is 11.1 Å². The summed E-state index contributed by atoms with van der Waals surface area (Å²) >= 11 is 0. The molecule has 1 N–H and O–H groups in total. The lowest BCUT2D eigenvalue weighted by molar-refractivity contribution is -0.140. The van der Waals surface area contributed by atoms with E-state index in [1.165, 1.54) is 17.5 Å². The van der Waals surface area contributed by atoms with Crippen LogP contribution >= 0.6 is 0 Å². The van der Waals surface area contributed by atoms with Crippen LogP contribution in [-0.2, 0) is 9.59 Å². The van der Waals surface area contributed by atoms with Crippen molar-refractivity contribution in [2.75, 3.05) is 6.54 Å². The lowest BCUT2D eigenvalue weighted by Crippen LogP contribution is -2.53. The zero-order valence-electron chi connectivity index (χ0n) is 20.9. The second-order valence-electron chi connectivity index (χ2n) is 10.2. The molecule has 5 nitrogen and oxygen atoms in total. The summed E-state index contributed by atoms with van der Waals surface area (Å²) in [7, 11) is 0. The highest BCUT2D eigenvalue weighted by atomic mass is 16.2. The monoisotopic (exact) mass is 461 g/mol. The molecule has 2 aliphatic rings. The maximum Gasteiger partial charge on any atom is 0.246 e. The minimum absolute atomic E-state index is 0.00171. The molecule has 0 bridgehead atoms. The lowest BCUT2D eigenvalue weighted by Gasteiger charge is -2.35. The quantitative estimate of drug-likeness (QED) is 0.564. The number of carbonyl (C=O) groups is 2. The Hall–Kier alpha value is -2.69. The van der Waals surface area contributed by atoms with Gasteiger partial charge in [-0.15, -0.1) is 0 Å². The van der Waals surface area contributed by atoms with Gasteiger partial charge in [0.1, 0.15) is 6.04 Å². The maximum atomic E-state index is 14.0. The van der Waals surface area contributed by atoms with Crippen molar-refractivity contribution in [3.05, 3.63) is 53.9 Å². The molecule has 1 saturated heterocycles. The fraction of sp³-hybridized carbons (Fsp3) is 0.552. The average Bonchev–Trinajstić information content (AvgIpc) is 3.37. The molecule has 0 radical (unpaired) electrons. The molecule has 3 unspecified atom stereocenters. The third kappa shape index (κ3) is 5.34. The Morgan fingerprint density at radius 1 is 1.09 bits per heavy atom. The van der Waals surface area contributed by atoms with Gasteiger partial charge in [-0.05, 0) is 73.8 Å². The van der Waals surface area contributed by atoms with Crippen molar-refractivity contribution >= 4 is 11.8 Å². The Kier molecular flexibility index (Phi) is 8.02. The number of aryl methyl sites for hydroxylation is 1. The van der Waals surface area contributed by atoms with Gasteiger partial charge in [0.05, 0.1) is 11.7 Å². The molecule has 1 aliphatic heterocycles. The standard InChI is InChI=1S/C29H39N3O2/c1-4-20(2)28(33)31-27(22-12-6-5-7-13-22)29(34)32-18-10-15-26(32)25-19-23(16-17-30-25)24-14-9-8-11-21(24)3/h8-9,11,14,16-17,19-20,22,26-27H,4-7,10,12-13,15,18H2,1-3H3,(H,31,33). The van der Waals surface area contributed by atoms with Crippen molar-refractivity contribution < 1.29 is 9.59 Å². The van der Waals surface area contributed by atoms with E-state index in [0.717, 1.165) is 62.7 Å². The number of hydrogen-bond acceptors (Lipinski definition) is 3. The smallest absolute Gasteiger partial charge is 0.246 e. The molecule has 1 aromatic heterocycles. The highest BCUT2D eigenvalue weighted by molar-refractivity contribution is 5.89. The van der Waals surface area contributed by atoms with Crippen LogP contribution in [0.5, 0.6) is 0 Å². The van der Waals surface area contributed by atoms with Crippen LogP contribution in [-0.4, -0.2) is 34.3 Å². The molecule has 2 amide bonds. The zero-order valence-corrected chi connectivity index (χ0v) is 20.9. The number of amides is 2. The molecule has 2 heterocycles. The Bertz CT molecular complexity index is 998. The minimum Gasteiger partial charge on any atom is -0.344 e. The third-order valence-corrected chi connectivity index (χ3v) is 7.86. The first-order valence-corrected chi connectivity index (χ1v) is 13.1. The summed E-state index contributed by atoms with van der Waals surface area (Å²) in [6.45, 7) is 6.81. The lowest BCUT2D eigenvalue weighted by atomic mass is 9.83. The molecule has 1 saturated carbocycles. The van der Waals surface area contributed by atoms with E-state index in [-0.39, 0.29) is 29.7 Å². The molecule has 3 atom stereocenters. The number of rotatable bonds is 7. The Morgan fingerprint density at radius 3 is 2.59 bits per heavy atom. The molecule has 5 heteroatoms. The molecule has 2 fully saturated rings. The molecule has 0 spiro atoms. The van der Waals surface area contributed by atoms with E-state index >= 15 is 0 Å². The Balaban J connectivity index is 1.59. The third-order valence-electron chi connectivity index (χ3n) is 7.86. The summed E-state index contributed by atoms with van der Waals surface area (Å²) in [6.07, 6.45) is 10.0. The predicted molar refractivity (Wildman–Crippen MR) is 136 cm³/mol. The average molecular weight is 462 g/mol. The second-order valence-corrected chi connectivity index (χ2v) is 10.2. The first-order chi connectivity index (χ1) is 16.5. The van der Waals surface area contributed by atoms with Gasteiger partial charge in [-0.2, -0.15) is 0 Å². The minimum atomic E-state index is -0.429. The number of benzene rings is 1. The highest BCUT2D eigenvalue weighted by Gasteiger charge is 2.39. The van der Waals surface area contributed by atoms with E-state index in [1.54, 1.807) is 0 Å². The van der Waals surface area contributed by atoms with Gasteiger partial charge >= 0.3 is 0 Å². The summed E-state index contributed by atoms with van der Waals surface area (Å²) in [5.74, 6) is 0.221. The van der Waals surface area contributed by atoms with E-state index in [9.17, 15) is 9.59 Å². The number of carbonyl (C=O) groups excluding carboxylic acids is 2. The predicted octanol–water partition coefficient (Wildman–Crippen LogP) is 5.83. The van der Waals surface area contributed by atoms with E-state index < -0.39 is 6.04 Å². The van der Waals surface area contributed by atoms with Gasteiger partial charge in [-0.3, -0.25) is 14.6 Å². The number of aromatic nitrogens is 1. The number of pyridine rings is 1. The summed E-state index contributed by atoms with van der Waals surface area (Å²) in [4.78, 5) is 33.5. The van der Waals surface area contributed by atoms with Crippen molar-refractivity contribution in [2.24, 2.45) is 11.8 Å². The highest BCUT2D eigenvalue weighted by Crippen LogP contribution is 2.36. The van der Waals surface area contributed by atoms with Crippen LogP contribution in [0, 0.1) is 18.8 Å². The number of likely N-dealkylation sites (tertiary alicyclic amines) is 1. The van der Waals surface area contributed by atoms with Gasteiger partial charge in [0, 0.05) is 18.7 Å². The Labute approximate surface area is 204 Å². The van der Waals surface area contributed by atoms with Crippen molar-refractivity contribution in [2.45, 2.75) is 84.2 Å². The number of hydrogen-bond donors (Lipinski definition) is 1. The van der Waals surface area contributed by atoms with Crippen LogP contribution in [0.15, 0.2) is 42.6 Å². The van der Waals surface area contributed by atoms with Crippen LogP contribution in [0.25, 0.3) is 11.1 Å². The van der Waals surface area contributed by atoms with Crippen molar-refractivity contribution in [3.63, 3.8) is 0 Å². The van der Waals surface area contributed by atoms with Crippen LogP contribution in [0.2, 0.25) is 0 Å². The zero-order chi connectivity index (χ0) is 24.1. The molecule has 4 rings (SSSR count). The molecular formula is C29H39N3O2. The largest absolute Gasteiger partial charge is 0.344 e. The summed E-state index contributed by atoms with van der Waals surface area (Å²) in [6, 6.07) is 12.1. The van der Waals surface area contributed by atoms with E-state index in [0.29, 0.717) is 0 Å². The number of nitrogens with one attached hydrogen (secondary N) is 1. The number of nitrogens with zero attached hydrogens (tertiary/aromatic N) is 2. The van der Waals surface area contributed by atoms with Crippen molar-refractivity contribution in [1.82, 2.24) is 15.2 Å². The summed E-state index contributed by atoms with van der Waals surface area (Å²) < 4.78 is 0. The van der Waals surface area contributed by atoms with Crippen LogP contribution in [0.4, 0.5) is 0 Å². The summed E-state index contributed by atoms with van der Waals surface area (Å²) in [5, 5.41) is 3.18. The summed E-state index contributed by atoms with van der Waals surface area (Å²) in [5.41, 5.74) is 4.51. The molecule has 2 aromatic rings. The fourth-order valence-corrected chi connectivity index (χ4v) is 5.54. The van der Waals surface area contributed by atoms with Gasteiger partial charge in [-0.1, -0.05) is 57.4 Å². The fourth-order valence-electron chi connectivity index (χ4n) is 5.54. The molecular weight excluding hydrogens is 422 g/mol. The van der Waals surface area contributed by atoms with Gasteiger partial charge in [0.25, 0.3) is 0 Å². The van der Waals surface area contributed by atoms with E-state index in [1.807, 2.05) is 31.0 Å². The van der Waals surface area contributed by atoms with Gasteiger partial charge < -0.3 is 10.2 Å². The van der Waals surface area contributed by atoms with Gasteiger partial charge in [0.15, 0.2) is 0 Å². The SMILES string of the molecule is CCC(C)C(=O)NC(C(=O)N1CCCC1c1cc(-c2ccccc2C)ccn1)C1CCCCC1. The molecule has 34 heavy (non-hydrogen) atoms.